The van der Waals surface area contributed by atoms with Crippen molar-refractivity contribution in [3.63, 3.8) is 0 Å². The SMILES string of the molecule is CC(=CC(C)(C)c1ccccc1)C(=O)OC(C)N. The van der Waals surface area contributed by atoms with Gasteiger partial charge in [-0.15, -0.1) is 0 Å². The van der Waals surface area contributed by atoms with Crippen molar-refractivity contribution in [3.05, 3.63) is 47.5 Å². The summed E-state index contributed by atoms with van der Waals surface area (Å²) in [5.74, 6) is -0.367. The topological polar surface area (TPSA) is 52.3 Å². The molecule has 1 aromatic rings. The maximum absolute atomic E-state index is 11.7. The van der Waals surface area contributed by atoms with Crippen molar-refractivity contribution in [3.8, 4) is 0 Å². The van der Waals surface area contributed by atoms with Crippen LogP contribution in [0.15, 0.2) is 42.0 Å². The number of benzene rings is 1. The average molecular weight is 247 g/mol. The Morgan fingerprint density at radius 1 is 1.33 bits per heavy atom. The Morgan fingerprint density at radius 3 is 2.39 bits per heavy atom. The molecule has 0 bridgehead atoms. The van der Waals surface area contributed by atoms with Gasteiger partial charge in [0.05, 0.1) is 0 Å². The average Bonchev–Trinajstić information content (AvgIpc) is 2.28. The van der Waals surface area contributed by atoms with Crippen LogP contribution in [0, 0.1) is 0 Å². The van der Waals surface area contributed by atoms with Gasteiger partial charge in [0, 0.05) is 11.0 Å². The minimum Gasteiger partial charge on any atom is -0.444 e. The molecule has 1 aromatic carbocycles. The first-order valence-corrected chi connectivity index (χ1v) is 6.04. The van der Waals surface area contributed by atoms with E-state index in [1.165, 1.54) is 0 Å². The zero-order chi connectivity index (χ0) is 13.8. The molecule has 0 fully saturated rings. The maximum atomic E-state index is 11.7. The highest BCUT2D eigenvalue weighted by Crippen LogP contribution is 2.26. The van der Waals surface area contributed by atoms with Crippen molar-refractivity contribution in [2.24, 2.45) is 5.73 Å². The van der Waals surface area contributed by atoms with Crippen molar-refractivity contribution in [2.75, 3.05) is 0 Å². The summed E-state index contributed by atoms with van der Waals surface area (Å²) < 4.78 is 4.96. The number of hydrogen-bond donors (Lipinski definition) is 1. The highest BCUT2D eigenvalue weighted by Gasteiger charge is 2.20. The number of ether oxygens (including phenoxy) is 1. The number of carbonyl (C=O) groups is 1. The maximum Gasteiger partial charge on any atom is 0.334 e. The minimum absolute atomic E-state index is 0.220. The van der Waals surface area contributed by atoms with E-state index in [0.717, 1.165) is 5.56 Å². The quantitative estimate of drug-likeness (QED) is 0.505. The lowest BCUT2D eigenvalue weighted by molar-refractivity contribution is -0.143. The normalized spacial score (nSPS) is 14.2. The fourth-order valence-electron chi connectivity index (χ4n) is 1.81. The van der Waals surface area contributed by atoms with E-state index in [4.69, 9.17) is 10.5 Å². The van der Waals surface area contributed by atoms with Crippen molar-refractivity contribution in [2.45, 2.75) is 39.3 Å². The van der Waals surface area contributed by atoms with Crippen molar-refractivity contribution in [1.82, 2.24) is 0 Å². The van der Waals surface area contributed by atoms with E-state index >= 15 is 0 Å². The van der Waals surface area contributed by atoms with Crippen LogP contribution in [-0.4, -0.2) is 12.2 Å². The Morgan fingerprint density at radius 2 is 1.89 bits per heavy atom. The molecule has 0 aliphatic heterocycles. The number of esters is 1. The molecule has 0 spiro atoms. The molecule has 0 aromatic heterocycles. The number of nitrogens with two attached hydrogens (primary N) is 1. The van der Waals surface area contributed by atoms with Crippen LogP contribution in [0.1, 0.15) is 33.3 Å². The molecule has 98 valence electrons. The van der Waals surface area contributed by atoms with Gasteiger partial charge in [0.2, 0.25) is 0 Å². The zero-order valence-corrected chi connectivity index (χ0v) is 11.4. The van der Waals surface area contributed by atoms with Crippen LogP contribution in [0.3, 0.4) is 0 Å². The summed E-state index contributed by atoms with van der Waals surface area (Å²) in [5.41, 5.74) is 6.94. The number of allylic oxidation sites excluding steroid dienone is 1. The molecule has 1 unspecified atom stereocenters. The molecule has 18 heavy (non-hydrogen) atoms. The predicted molar refractivity (Wildman–Crippen MR) is 73.0 cm³/mol. The smallest absolute Gasteiger partial charge is 0.334 e. The van der Waals surface area contributed by atoms with Crippen molar-refractivity contribution >= 4 is 5.97 Å². The van der Waals surface area contributed by atoms with E-state index in [-0.39, 0.29) is 11.4 Å². The summed E-state index contributed by atoms with van der Waals surface area (Å²) in [4.78, 5) is 11.7. The van der Waals surface area contributed by atoms with Crippen LogP contribution < -0.4 is 5.73 Å². The van der Waals surface area contributed by atoms with Crippen LogP contribution in [0.2, 0.25) is 0 Å². The molecule has 0 saturated carbocycles. The van der Waals surface area contributed by atoms with Crippen LogP contribution >= 0.6 is 0 Å². The third-order valence-electron chi connectivity index (χ3n) is 2.71. The monoisotopic (exact) mass is 247 g/mol. The van der Waals surface area contributed by atoms with Crippen molar-refractivity contribution < 1.29 is 9.53 Å². The number of rotatable bonds is 4. The lowest BCUT2D eigenvalue weighted by Gasteiger charge is -2.22. The number of hydrogen-bond acceptors (Lipinski definition) is 3. The molecule has 2 N–H and O–H groups in total. The standard InChI is InChI=1S/C15H21NO2/c1-11(14(17)18-12(2)16)10-15(3,4)13-8-6-5-7-9-13/h5-10,12H,16H2,1-4H3. The molecule has 0 amide bonds. The second-order valence-electron chi connectivity index (χ2n) is 5.03. The second-order valence-corrected chi connectivity index (χ2v) is 5.03. The summed E-state index contributed by atoms with van der Waals surface area (Å²) >= 11 is 0. The Bertz CT molecular complexity index is 433. The summed E-state index contributed by atoms with van der Waals surface area (Å²) in [7, 11) is 0. The highest BCUT2D eigenvalue weighted by atomic mass is 16.6. The van der Waals surface area contributed by atoms with Gasteiger partial charge in [0.15, 0.2) is 0 Å². The van der Waals surface area contributed by atoms with Gasteiger partial charge < -0.3 is 4.74 Å². The van der Waals surface area contributed by atoms with Gasteiger partial charge in [-0.05, 0) is 19.4 Å². The molecular formula is C15H21NO2. The van der Waals surface area contributed by atoms with Gasteiger partial charge in [-0.2, -0.15) is 0 Å². The van der Waals surface area contributed by atoms with Gasteiger partial charge >= 0.3 is 5.97 Å². The van der Waals surface area contributed by atoms with E-state index < -0.39 is 6.23 Å². The Labute approximate surface area is 109 Å². The van der Waals surface area contributed by atoms with Crippen LogP contribution in [0.25, 0.3) is 0 Å². The second kappa shape index (κ2) is 5.83. The van der Waals surface area contributed by atoms with Crippen LogP contribution in [-0.2, 0) is 14.9 Å². The summed E-state index contributed by atoms with van der Waals surface area (Å²) in [6.45, 7) is 7.50. The molecule has 0 heterocycles. The Hall–Kier alpha value is -1.61. The van der Waals surface area contributed by atoms with E-state index in [1.807, 2.05) is 36.4 Å². The molecule has 1 rings (SSSR count). The summed E-state index contributed by atoms with van der Waals surface area (Å²) in [6.07, 6.45) is 1.33. The zero-order valence-electron chi connectivity index (χ0n) is 11.4. The Kier molecular flexibility index (Phi) is 4.68. The molecule has 3 nitrogen and oxygen atoms in total. The first-order chi connectivity index (χ1) is 8.33. The van der Waals surface area contributed by atoms with E-state index in [2.05, 4.69) is 13.8 Å². The lowest BCUT2D eigenvalue weighted by atomic mass is 9.83. The van der Waals surface area contributed by atoms with Gasteiger partial charge in [-0.1, -0.05) is 50.3 Å². The first kappa shape index (κ1) is 14.5. The molecule has 0 saturated heterocycles. The first-order valence-electron chi connectivity index (χ1n) is 6.04. The largest absolute Gasteiger partial charge is 0.444 e. The summed E-state index contributed by atoms with van der Waals surface area (Å²) in [5, 5.41) is 0. The van der Waals surface area contributed by atoms with Crippen LogP contribution in [0.4, 0.5) is 0 Å². The highest BCUT2D eigenvalue weighted by molar-refractivity contribution is 5.88. The van der Waals surface area contributed by atoms with E-state index in [0.29, 0.717) is 5.57 Å². The third kappa shape index (κ3) is 4.00. The van der Waals surface area contributed by atoms with Gasteiger partial charge in [-0.3, -0.25) is 5.73 Å². The molecular weight excluding hydrogens is 226 g/mol. The molecule has 0 aliphatic carbocycles. The van der Waals surface area contributed by atoms with Gasteiger partial charge in [-0.25, -0.2) is 4.79 Å². The van der Waals surface area contributed by atoms with E-state index in [9.17, 15) is 4.79 Å². The minimum atomic E-state index is -0.583. The lowest BCUT2D eigenvalue weighted by Crippen LogP contribution is -2.25. The predicted octanol–water partition coefficient (Wildman–Crippen LogP) is 2.76. The summed E-state index contributed by atoms with van der Waals surface area (Å²) in [6, 6.07) is 10.0. The van der Waals surface area contributed by atoms with E-state index in [1.54, 1.807) is 13.8 Å². The fraction of sp³-hybridized carbons (Fsp3) is 0.400. The molecule has 1 atom stereocenters. The van der Waals surface area contributed by atoms with Crippen LogP contribution in [0.5, 0.6) is 0 Å². The van der Waals surface area contributed by atoms with Gasteiger partial charge in [0.1, 0.15) is 6.23 Å². The molecule has 0 aliphatic rings. The molecule has 3 heteroatoms. The van der Waals surface area contributed by atoms with Gasteiger partial charge in [0.25, 0.3) is 0 Å². The Balaban J connectivity index is 2.90. The third-order valence-corrected chi connectivity index (χ3v) is 2.71. The molecule has 0 radical (unpaired) electrons. The fourth-order valence-corrected chi connectivity index (χ4v) is 1.81. The number of carbonyl (C=O) groups excluding carboxylic acids is 1. The van der Waals surface area contributed by atoms with Crippen molar-refractivity contribution in [1.29, 1.82) is 0 Å².